The molecule has 0 atom stereocenters. The first-order chi connectivity index (χ1) is 15.7. The van der Waals surface area contributed by atoms with E-state index in [0.717, 1.165) is 50.1 Å². The summed E-state index contributed by atoms with van der Waals surface area (Å²) < 4.78 is 0. The molecule has 8 heteroatoms. The Bertz CT molecular complexity index is 788. The standard InChI is InChI=1S/C25H40N4O4/c1-4-24(2,3)19-7-11-25(12-8-19)22(32)29(23(33)26-25)17-20(30)27-15-9-18(10-16-27)21(31)28-13-5-6-14-28/h18-19H,4-17H2,1-3H3,(H,26,33). The first kappa shape index (κ1) is 24.0. The summed E-state index contributed by atoms with van der Waals surface area (Å²) in [6.07, 6.45) is 7.65. The van der Waals surface area contributed by atoms with Crippen LogP contribution in [-0.4, -0.2) is 76.7 Å². The SMILES string of the molecule is CCC(C)(C)C1CCC2(CC1)NC(=O)N(CC(=O)N1CCC(C(=O)N3CCCC3)CC1)C2=O. The van der Waals surface area contributed by atoms with E-state index in [1.54, 1.807) is 4.90 Å². The van der Waals surface area contributed by atoms with Crippen molar-refractivity contribution in [2.45, 2.75) is 84.1 Å². The molecule has 1 aliphatic carbocycles. The Hall–Kier alpha value is -2.12. The molecule has 4 aliphatic rings. The summed E-state index contributed by atoms with van der Waals surface area (Å²) in [4.78, 5) is 56.3. The van der Waals surface area contributed by atoms with Crippen LogP contribution in [0.25, 0.3) is 0 Å². The Morgan fingerprint density at radius 2 is 1.58 bits per heavy atom. The number of nitrogens with one attached hydrogen (secondary N) is 1. The van der Waals surface area contributed by atoms with Gasteiger partial charge in [-0.05, 0) is 62.7 Å². The number of carbonyl (C=O) groups excluding carboxylic acids is 4. The number of hydrogen-bond acceptors (Lipinski definition) is 4. The highest BCUT2D eigenvalue weighted by molar-refractivity contribution is 6.09. The number of amides is 5. The third kappa shape index (κ3) is 4.62. The molecule has 0 aromatic heterocycles. The van der Waals surface area contributed by atoms with Crippen molar-refractivity contribution in [3.8, 4) is 0 Å². The van der Waals surface area contributed by atoms with Gasteiger partial charge in [-0.3, -0.25) is 19.3 Å². The Morgan fingerprint density at radius 3 is 2.15 bits per heavy atom. The van der Waals surface area contributed by atoms with Gasteiger partial charge in [0.15, 0.2) is 0 Å². The number of urea groups is 1. The molecule has 8 nitrogen and oxygen atoms in total. The third-order valence-corrected chi connectivity index (χ3v) is 9.01. The van der Waals surface area contributed by atoms with Gasteiger partial charge < -0.3 is 15.1 Å². The topological polar surface area (TPSA) is 90.0 Å². The normalized spacial score (nSPS) is 29.2. The van der Waals surface area contributed by atoms with Crippen molar-refractivity contribution in [3.05, 3.63) is 0 Å². The fourth-order valence-corrected chi connectivity index (χ4v) is 6.15. The van der Waals surface area contributed by atoms with E-state index >= 15 is 0 Å². The van der Waals surface area contributed by atoms with Crippen LogP contribution in [0.3, 0.4) is 0 Å². The summed E-state index contributed by atoms with van der Waals surface area (Å²) in [6.45, 7) is 9.25. The summed E-state index contributed by atoms with van der Waals surface area (Å²) in [5.74, 6) is 0.293. The van der Waals surface area contributed by atoms with Gasteiger partial charge in [0.05, 0.1) is 0 Å². The summed E-state index contributed by atoms with van der Waals surface area (Å²) in [6, 6.07) is -0.444. The third-order valence-electron chi connectivity index (χ3n) is 9.01. The van der Waals surface area contributed by atoms with Crippen LogP contribution in [0, 0.1) is 17.3 Å². The fourth-order valence-electron chi connectivity index (χ4n) is 6.15. The second-order valence-corrected chi connectivity index (χ2v) is 11.2. The minimum absolute atomic E-state index is 0.0188. The lowest BCUT2D eigenvalue weighted by Gasteiger charge is -2.42. The van der Waals surface area contributed by atoms with Crippen LogP contribution < -0.4 is 5.32 Å². The van der Waals surface area contributed by atoms with E-state index < -0.39 is 11.6 Å². The molecule has 3 aliphatic heterocycles. The molecule has 184 valence electrons. The van der Waals surface area contributed by atoms with E-state index in [1.165, 1.54) is 0 Å². The highest BCUT2D eigenvalue weighted by atomic mass is 16.2. The molecule has 3 saturated heterocycles. The predicted molar refractivity (Wildman–Crippen MR) is 124 cm³/mol. The molecule has 0 bridgehead atoms. The lowest BCUT2D eigenvalue weighted by atomic mass is 9.65. The zero-order valence-electron chi connectivity index (χ0n) is 20.5. The van der Waals surface area contributed by atoms with E-state index in [-0.39, 0.29) is 35.6 Å². The molecule has 5 amide bonds. The molecule has 1 N–H and O–H groups in total. The van der Waals surface area contributed by atoms with Crippen LogP contribution in [-0.2, 0) is 14.4 Å². The van der Waals surface area contributed by atoms with Gasteiger partial charge in [-0.25, -0.2) is 4.79 Å². The maximum atomic E-state index is 13.2. The van der Waals surface area contributed by atoms with Crippen LogP contribution in [0.1, 0.15) is 78.6 Å². The molecule has 0 radical (unpaired) electrons. The molecular weight excluding hydrogens is 420 g/mol. The second-order valence-electron chi connectivity index (χ2n) is 11.2. The zero-order valence-corrected chi connectivity index (χ0v) is 20.5. The zero-order chi connectivity index (χ0) is 23.8. The van der Waals surface area contributed by atoms with Gasteiger partial charge in [0.1, 0.15) is 12.1 Å². The molecule has 0 aromatic rings. The van der Waals surface area contributed by atoms with E-state index in [0.29, 0.717) is 44.7 Å². The first-order valence-corrected chi connectivity index (χ1v) is 12.9. The smallest absolute Gasteiger partial charge is 0.325 e. The number of likely N-dealkylation sites (tertiary alicyclic amines) is 2. The summed E-state index contributed by atoms with van der Waals surface area (Å²) >= 11 is 0. The second kappa shape index (κ2) is 9.26. The van der Waals surface area contributed by atoms with Gasteiger partial charge in [-0.15, -0.1) is 0 Å². The largest absolute Gasteiger partial charge is 0.342 e. The lowest BCUT2D eigenvalue weighted by Crippen LogP contribution is -2.51. The fraction of sp³-hybridized carbons (Fsp3) is 0.840. The maximum Gasteiger partial charge on any atom is 0.325 e. The van der Waals surface area contributed by atoms with E-state index in [9.17, 15) is 19.2 Å². The van der Waals surface area contributed by atoms with Gasteiger partial charge >= 0.3 is 6.03 Å². The maximum absolute atomic E-state index is 13.2. The number of rotatable bonds is 5. The van der Waals surface area contributed by atoms with Crippen LogP contribution in [0.2, 0.25) is 0 Å². The minimum atomic E-state index is -0.840. The van der Waals surface area contributed by atoms with Crippen molar-refractivity contribution >= 4 is 23.8 Å². The van der Waals surface area contributed by atoms with Crippen LogP contribution in [0.4, 0.5) is 4.79 Å². The summed E-state index contributed by atoms with van der Waals surface area (Å²) in [5, 5.41) is 2.94. The number of imide groups is 1. The Balaban J connectivity index is 1.30. The molecule has 0 aromatic carbocycles. The number of nitrogens with zero attached hydrogens (tertiary/aromatic N) is 3. The van der Waals surface area contributed by atoms with Crippen molar-refractivity contribution < 1.29 is 19.2 Å². The molecule has 1 spiro atoms. The van der Waals surface area contributed by atoms with E-state index in [2.05, 4.69) is 26.1 Å². The van der Waals surface area contributed by atoms with Gasteiger partial charge in [-0.2, -0.15) is 0 Å². The molecule has 4 fully saturated rings. The highest BCUT2D eigenvalue weighted by Gasteiger charge is 2.54. The van der Waals surface area contributed by atoms with Crippen molar-refractivity contribution in [3.63, 3.8) is 0 Å². The number of piperidine rings is 1. The van der Waals surface area contributed by atoms with Gasteiger partial charge in [0, 0.05) is 32.1 Å². The van der Waals surface area contributed by atoms with Crippen molar-refractivity contribution in [2.75, 3.05) is 32.7 Å². The van der Waals surface area contributed by atoms with Crippen molar-refractivity contribution in [1.29, 1.82) is 0 Å². The quantitative estimate of drug-likeness (QED) is 0.639. The minimum Gasteiger partial charge on any atom is -0.342 e. The van der Waals surface area contributed by atoms with Crippen LogP contribution in [0.5, 0.6) is 0 Å². The Morgan fingerprint density at radius 1 is 0.970 bits per heavy atom. The first-order valence-electron chi connectivity index (χ1n) is 12.9. The molecule has 33 heavy (non-hydrogen) atoms. The predicted octanol–water partition coefficient (Wildman–Crippen LogP) is 2.76. The van der Waals surface area contributed by atoms with Crippen molar-refractivity contribution in [1.82, 2.24) is 20.0 Å². The molecule has 0 unspecified atom stereocenters. The molecule has 3 heterocycles. The van der Waals surface area contributed by atoms with Gasteiger partial charge in [0.2, 0.25) is 11.8 Å². The average molecular weight is 461 g/mol. The summed E-state index contributed by atoms with van der Waals surface area (Å²) in [5.41, 5.74) is -0.613. The Kier molecular flexibility index (Phi) is 6.74. The Labute approximate surface area is 197 Å². The molecular formula is C25H40N4O4. The average Bonchev–Trinajstić information content (AvgIpc) is 3.43. The highest BCUT2D eigenvalue weighted by Crippen LogP contribution is 2.45. The number of carbonyl (C=O) groups is 4. The van der Waals surface area contributed by atoms with Gasteiger partial charge in [-0.1, -0.05) is 27.2 Å². The van der Waals surface area contributed by atoms with Crippen molar-refractivity contribution in [2.24, 2.45) is 17.3 Å². The monoisotopic (exact) mass is 460 g/mol. The summed E-state index contributed by atoms with van der Waals surface area (Å²) in [7, 11) is 0. The number of hydrogen-bond donors (Lipinski definition) is 1. The molecule has 4 rings (SSSR count). The van der Waals surface area contributed by atoms with E-state index in [4.69, 9.17) is 0 Å². The van der Waals surface area contributed by atoms with Crippen LogP contribution in [0.15, 0.2) is 0 Å². The van der Waals surface area contributed by atoms with Gasteiger partial charge in [0.25, 0.3) is 5.91 Å². The van der Waals surface area contributed by atoms with E-state index in [1.807, 2.05) is 4.90 Å². The lowest BCUT2D eigenvalue weighted by molar-refractivity contribution is -0.142. The van der Waals surface area contributed by atoms with Crippen LogP contribution >= 0.6 is 0 Å². The molecule has 1 saturated carbocycles.